The minimum atomic E-state index is -1.61. The molecule has 7 rings (SSSR count). The fourth-order valence-electron chi connectivity index (χ4n) is 8.70. The smallest absolute Gasteiger partial charge is 0.339 e. The van der Waals surface area contributed by atoms with Crippen molar-refractivity contribution in [1.29, 1.82) is 0 Å². The van der Waals surface area contributed by atoms with Gasteiger partial charge in [0.05, 0.1) is 37.4 Å². The highest BCUT2D eigenvalue weighted by molar-refractivity contribution is 8.16. The molecule has 14 atom stereocenters. The number of nitrogens with one attached hydrogen (secondary N) is 2. The summed E-state index contributed by atoms with van der Waals surface area (Å²) in [5.41, 5.74) is -2.77. The lowest BCUT2D eigenvalue weighted by atomic mass is 9.99. The lowest BCUT2D eigenvalue weighted by Crippen LogP contribution is -2.58. The molecule has 0 radical (unpaired) electrons. The Labute approximate surface area is 476 Å². The van der Waals surface area contributed by atoms with E-state index in [2.05, 4.69) is 44.1 Å². The molecule has 0 bridgehead atoms. The maximum Gasteiger partial charge on any atom is 0.339 e. The largest absolute Gasteiger partial charge is 0.489 e. The average molecular weight is 1180 g/mol. The number of carbonyl (C=O) groups is 2. The third kappa shape index (κ3) is 16.4. The molecule has 8 N–H and O–H groups in total. The molecule has 81 heavy (non-hydrogen) atoms. The number of hydrogen-bond donors (Lipinski definition) is 8. The molecule has 448 valence electrons. The van der Waals surface area contributed by atoms with Crippen LogP contribution in [0.2, 0.25) is 0 Å². The highest BCUT2D eigenvalue weighted by atomic mass is 32.2. The Hall–Kier alpha value is -5.50. The quantitative estimate of drug-likeness (QED) is 0.0425. The van der Waals surface area contributed by atoms with Gasteiger partial charge >= 0.3 is 11.3 Å². The van der Waals surface area contributed by atoms with Crippen molar-refractivity contribution in [3.05, 3.63) is 81.9 Å². The van der Waals surface area contributed by atoms with Crippen LogP contribution in [0.15, 0.2) is 88.3 Å². The lowest BCUT2D eigenvalue weighted by molar-refractivity contribution is -0.301. The fourth-order valence-corrected chi connectivity index (χ4v) is 11.0. The number of ether oxygens (including phenoxy) is 6. The summed E-state index contributed by atoms with van der Waals surface area (Å²) in [6.07, 6.45) is -6.37. The van der Waals surface area contributed by atoms with Crippen molar-refractivity contribution in [1.82, 2.24) is 10.6 Å². The van der Waals surface area contributed by atoms with Gasteiger partial charge in [-0.25, -0.2) is 9.59 Å². The number of nitrogens with zero attached hydrogens (tertiary/aromatic N) is 4. The number of aliphatic hydroxyl groups excluding tert-OH is 6. The van der Waals surface area contributed by atoms with Crippen molar-refractivity contribution in [3.8, 4) is 11.5 Å². The maximum atomic E-state index is 13.5. The number of amides is 2. The number of carbonyl (C=O) groups excluding carboxylic acids is 2. The first kappa shape index (κ1) is 64.7. The lowest BCUT2D eigenvalue weighted by Gasteiger charge is -2.38. The zero-order chi connectivity index (χ0) is 59.4. The van der Waals surface area contributed by atoms with E-state index in [1.807, 2.05) is 13.8 Å². The second-order valence-corrected chi connectivity index (χ2v) is 22.3. The molecule has 2 aromatic heterocycles. The van der Waals surface area contributed by atoms with Crippen molar-refractivity contribution in [2.75, 3.05) is 37.9 Å². The normalized spacial score (nSPS) is 30.5. The van der Waals surface area contributed by atoms with Gasteiger partial charge in [-0.05, 0) is 54.4 Å². The summed E-state index contributed by atoms with van der Waals surface area (Å²) < 4.78 is 44.4. The molecule has 28 heteroatoms. The summed E-state index contributed by atoms with van der Waals surface area (Å²) in [4.78, 5) is 71.1. The monoisotopic (exact) mass is 1180 g/mol. The summed E-state index contributed by atoms with van der Waals surface area (Å²) in [7, 11) is 0. The summed E-state index contributed by atoms with van der Waals surface area (Å²) in [5, 5.41) is 74.3. The number of thioether (sulfide) groups is 2. The van der Waals surface area contributed by atoms with E-state index in [1.165, 1.54) is 35.7 Å². The van der Waals surface area contributed by atoms with Crippen LogP contribution >= 0.6 is 23.5 Å². The second-order valence-electron chi connectivity index (χ2n) is 20.4. The maximum absolute atomic E-state index is 13.5. The van der Waals surface area contributed by atoms with Crippen molar-refractivity contribution in [3.63, 3.8) is 0 Å². The third-order valence-corrected chi connectivity index (χ3v) is 15.8. The van der Waals surface area contributed by atoms with Gasteiger partial charge in [-0.2, -0.15) is 0 Å². The Morgan fingerprint density at radius 2 is 1.12 bits per heavy atom. The van der Waals surface area contributed by atoms with Crippen LogP contribution < -0.4 is 31.4 Å². The molecule has 3 fully saturated rings. The predicted molar refractivity (Wildman–Crippen MR) is 297 cm³/mol. The molecule has 0 aliphatic carbocycles. The number of rotatable bonds is 24. The summed E-state index contributed by atoms with van der Waals surface area (Å²) in [6, 6.07) is 4.47. The van der Waals surface area contributed by atoms with Crippen molar-refractivity contribution in [2.24, 2.45) is 20.3 Å². The van der Waals surface area contributed by atoms with E-state index < -0.39 is 115 Å². The van der Waals surface area contributed by atoms with Crippen LogP contribution in [0.1, 0.15) is 105 Å². The van der Waals surface area contributed by atoms with E-state index in [0.29, 0.717) is 63.8 Å². The van der Waals surface area contributed by atoms with Gasteiger partial charge in [0, 0.05) is 23.6 Å². The number of aliphatic imine (C=N–C) groups is 2. The molecule has 0 unspecified atom stereocenters. The van der Waals surface area contributed by atoms with E-state index in [0.717, 1.165) is 6.42 Å². The fraction of sp³-hybridized carbons (Fsp3) is 0.623. The molecule has 0 aromatic carbocycles. The molecule has 26 nitrogen and oxygen atoms in total. The van der Waals surface area contributed by atoms with E-state index in [-0.39, 0.29) is 36.5 Å². The average Bonchev–Trinajstić information content (AvgIpc) is 4.35. The van der Waals surface area contributed by atoms with Crippen LogP contribution in [0, 0.1) is 0 Å². The number of oxime groups is 2. The molecule has 7 heterocycles. The Balaban J connectivity index is 0.000000262. The minimum Gasteiger partial charge on any atom is -0.489 e. The van der Waals surface area contributed by atoms with Crippen molar-refractivity contribution >= 4 is 56.8 Å². The zero-order valence-corrected chi connectivity index (χ0v) is 48.0. The van der Waals surface area contributed by atoms with Gasteiger partial charge in [0.1, 0.15) is 112 Å². The van der Waals surface area contributed by atoms with E-state index in [4.69, 9.17) is 46.9 Å². The van der Waals surface area contributed by atoms with Gasteiger partial charge in [0.25, 0.3) is 12.6 Å². The summed E-state index contributed by atoms with van der Waals surface area (Å²) in [5.74, 6) is 0.139. The molecular formula is C53H74N6O20S2. The highest BCUT2D eigenvalue weighted by Gasteiger charge is 2.56. The van der Waals surface area contributed by atoms with E-state index in [9.17, 15) is 49.8 Å². The molecular weight excluding hydrogens is 1100 g/mol. The first-order valence-corrected chi connectivity index (χ1v) is 28.3. The topological polar surface area (TPSA) is 363 Å². The van der Waals surface area contributed by atoms with Crippen LogP contribution in [0.5, 0.6) is 11.5 Å². The molecule has 5 aliphatic rings. The van der Waals surface area contributed by atoms with Crippen LogP contribution in [0.3, 0.4) is 0 Å². The van der Waals surface area contributed by atoms with E-state index >= 15 is 0 Å². The molecule has 2 amide bonds. The minimum absolute atomic E-state index is 0.210. The second kappa shape index (κ2) is 28.7. The van der Waals surface area contributed by atoms with Crippen LogP contribution in [0.4, 0.5) is 0 Å². The standard InChI is InChI=1S/C28H39N3O10S.C25H35N3O10S/c1-7-9-17(18-11-16(36-10-8-2)12-20(33)37-18)29-26(35)28(6)14-42-24(30-28)15(3)31-41-25-23-22(39-27(4,5)40-23)21(34)19(13-32)38-25;1-5-7-15(16-9-14(35-8-6-2)10-18(30)36-16)26-24(34)25(4)12-39-22(27-25)13(3)28-38-23-21(33)20(32)19(31)17(11-29)37-23/h8,11-12,17,19,21-23,25,32,34H,2,7,9-10,13-14H2,1,3-6H3,(H,29,35);6,9-10,15,17,19-21,23,29,31-33H,2,5,7-8,11-12H2,1,3-4H3,(H,26,34)/b31-15+;28-13+/t17-,19-,21-,22+,23+,25-,28+;15-,17-,19-,20+,21+,23-,25+/m11/s1. The molecule has 0 spiro atoms. The summed E-state index contributed by atoms with van der Waals surface area (Å²) in [6.45, 7) is 20.6. The Bertz CT molecular complexity index is 2770. The first-order valence-electron chi connectivity index (χ1n) is 26.3. The molecule has 3 saturated heterocycles. The molecule has 2 aromatic rings. The highest BCUT2D eigenvalue weighted by Crippen LogP contribution is 2.39. The number of aliphatic hydroxyl groups is 6. The van der Waals surface area contributed by atoms with Gasteiger partial charge in [0.2, 0.25) is 11.8 Å². The first-order chi connectivity index (χ1) is 38.4. The van der Waals surface area contributed by atoms with Gasteiger partial charge in [-0.15, -0.1) is 23.5 Å². The zero-order valence-electron chi connectivity index (χ0n) is 46.4. The number of hydrogen-bond acceptors (Lipinski definition) is 26. The molecule has 5 aliphatic heterocycles. The van der Waals surface area contributed by atoms with Crippen LogP contribution in [-0.4, -0.2) is 180 Å². The SMILES string of the molecule is C=CCOc1cc([C@@H](CCC)NC(=O)[C@]2(C)CSC(/C(C)=N/O[C@H]3O[C@H](CO)[C@@H](O)[C@@H]4OC(C)(C)O[C@H]34)=N2)oc(=O)c1.C=CCOc1cc([C@@H](CCC)NC(=O)[C@]2(C)CSC(/C(C)=N/O[C@H]3O[C@H](CO)[C@@H](O)[C@H](O)[C@@H]3O)=N2)oc(=O)c1. The Morgan fingerprint density at radius 3 is 1.57 bits per heavy atom. The molecule has 0 saturated carbocycles. The van der Waals surface area contributed by atoms with Gasteiger partial charge < -0.3 is 88.2 Å². The Kier molecular flexibility index (Phi) is 22.9. The Morgan fingerprint density at radius 1 is 0.691 bits per heavy atom. The van der Waals surface area contributed by atoms with Crippen molar-refractivity contribution in [2.45, 2.75) is 171 Å². The van der Waals surface area contributed by atoms with Gasteiger partial charge in [-0.1, -0.05) is 62.3 Å². The third-order valence-electron chi connectivity index (χ3n) is 13.1. The van der Waals surface area contributed by atoms with Crippen molar-refractivity contribution < 1.29 is 87.2 Å². The van der Waals surface area contributed by atoms with Crippen LogP contribution in [0.25, 0.3) is 0 Å². The van der Waals surface area contributed by atoms with Gasteiger partial charge in [0.15, 0.2) is 11.9 Å². The van der Waals surface area contributed by atoms with Crippen LogP contribution in [-0.2, 0) is 38.2 Å². The van der Waals surface area contributed by atoms with E-state index in [1.54, 1.807) is 65.8 Å². The predicted octanol–water partition coefficient (Wildman–Crippen LogP) is 2.32. The summed E-state index contributed by atoms with van der Waals surface area (Å²) >= 11 is 2.62. The van der Waals surface area contributed by atoms with Gasteiger partial charge in [-0.3, -0.25) is 19.6 Å². The number of fused-ring (bicyclic) bond motifs is 1.